The maximum Gasteiger partial charge on any atom is 0.320 e. The molecule has 4 bridgehead atoms. The van der Waals surface area contributed by atoms with Gasteiger partial charge in [0.25, 0.3) is 0 Å². The van der Waals surface area contributed by atoms with Crippen molar-refractivity contribution in [1.29, 1.82) is 0 Å². The van der Waals surface area contributed by atoms with E-state index in [0.29, 0.717) is 23.8 Å². The van der Waals surface area contributed by atoms with Gasteiger partial charge >= 0.3 is 6.03 Å². The zero-order chi connectivity index (χ0) is 16.8. The van der Waals surface area contributed by atoms with Crippen LogP contribution < -0.4 is 0 Å². The molecule has 2 aliphatic heterocycles. The van der Waals surface area contributed by atoms with Crippen molar-refractivity contribution in [3.8, 4) is 0 Å². The summed E-state index contributed by atoms with van der Waals surface area (Å²) in [5, 5.41) is 10.9. The monoisotopic (exact) mass is 338 g/mol. The van der Waals surface area contributed by atoms with Gasteiger partial charge in [-0.25, -0.2) is 4.79 Å². The minimum Gasteiger partial charge on any atom is -0.390 e. The second-order valence-corrected chi connectivity index (χ2v) is 9.28. The first-order chi connectivity index (χ1) is 12.1. The number of carbonyl (C=O) groups is 1. The lowest BCUT2D eigenvalue weighted by Gasteiger charge is -2.59. The molecule has 0 spiro atoms. The van der Waals surface area contributed by atoms with Gasteiger partial charge in [0.1, 0.15) is 0 Å². The molecule has 4 saturated carbocycles. The summed E-state index contributed by atoms with van der Waals surface area (Å²) in [6.07, 6.45) is 6.24. The molecule has 1 aromatic rings. The van der Waals surface area contributed by atoms with Crippen molar-refractivity contribution < 1.29 is 9.90 Å². The molecule has 4 aliphatic carbocycles. The van der Waals surface area contributed by atoms with Gasteiger partial charge in [0.2, 0.25) is 0 Å². The molecule has 0 aromatic heterocycles. The van der Waals surface area contributed by atoms with E-state index in [-0.39, 0.29) is 12.1 Å². The van der Waals surface area contributed by atoms with Gasteiger partial charge in [-0.2, -0.15) is 0 Å². The Hall–Kier alpha value is -1.55. The van der Waals surface area contributed by atoms with E-state index in [1.165, 1.54) is 24.0 Å². The summed E-state index contributed by atoms with van der Waals surface area (Å²) >= 11 is 0. The Labute approximate surface area is 148 Å². The second kappa shape index (κ2) is 4.79. The maximum absolute atomic E-state index is 13.2. The smallest absolute Gasteiger partial charge is 0.320 e. The fourth-order valence-electron chi connectivity index (χ4n) is 7.22. The van der Waals surface area contributed by atoms with Gasteiger partial charge in [0.15, 0.2) is 0 Å². The average molecular weight is 338 g/mol. The minimum absolute atomic E-state index is 0.234. The molecule has 4 nitrogen and oxygen atoms in total. The number of benzene rings is 1. The van der Waals surface area contributed by atoms with Crippen molar-refractivity contribution in [2.45, 2.75) is 56.2 Å². The van der Waals surface area contributed by atoms with Crippen LogP contribution in [0.2, 0.25) is 0 Å². The molecular weight excluding hydrogens is 312 g/mol. The molecule has 5 fully saturated rings. The summed E-state index contributed by atoms with van der Waals surface area (Å²) in [6, 6.07) is 9.50. The van der Waals surface area contributed by atoms with Crippen LogP contribution in [0.4, 0.5) is 4.79 Å². The van der Waals surface area contributed by atoms with Crippen molar-refractivity contribution in [2.75, 3.05) is 13.1 Å². The van der Waals surface area contributed by atoms with Crippen LogP contribution in [-0.2, 0) is 6.42 Å². The molecule has 2 amide bonds. The van der Waals surface area contributed by atoms with Crippen LogP contribution in [-0.4, -0.2) is 45.7 Å². The van der Waals surface area contributed by atoms with Gasteiger partial charge in [0.05, 0.1) is 11.6 Å². The molecule has 6 atom stereocenters. The molecule has 6 aliphatic rings. The first-order valence-corrected chi connectivity index (χ1v) is 9.99. The molecule has 2 unspecified atom stereocenters. The van der Waals surface area contributed by atoms with E-state index in [4.69, 9.17) is 0 Å². The summed E-state index contributed by atoms with van der Waals surface area (Å²) in [6.45, 7) is 1.70. The van der Waals surface area contributed by atoms with E-state index < -0.39 is 5.60 Å². The largest absolute Gasteiger partial charge is 0.390 e. The highest BCUT2D eigenvalue weighted by molar-refractivity contribution is 5.78. The summed E-state index contributed by atoms with van der Waals surface area (Å²) in [4.78, 5) is 17.6. The third-order valence-electron chi connectivity index (χ3n) is 7.82. The Morgan fingerprint density at radius 3 is 2.56 bits per heavy atom. The molecule has 132 valence electrons. The van der Waals surface area contributed by atoms with Gasteiger partial charge in [-0.05, 0) is 67.4 Å². The summed E-state index contributed by atoms with van der Waals surface area (Å²) in [7, 11) is 0. The first-order valence-electron chi connectivity index (χ1n) is 9.99. The van der Waals surface area contributed by atoms with Gasteiger partial charge < -0.3 is 14.9 Å². The number of hydrogen-bond donors (Lipinski definition) is 1. The number of aliphatic hydroxyl groups is 1. The lowest BCUT2D eigenvalue weighted by molar-refractivity contribution is -0.152. The van der Waals surface area contributed by atoms with E-state index >= 15 is 0 Å². The third kappa shape index (κ3) is 1.95. The van der Waals surface area contributed by atoms with E-state index in [2.05, 4.69) is 34.1 Å². The van der Waals surface area contributed by atoms with Crippen LogP contribution in [0.15, 0.2) is 24.3 Å². The standard InChI is InChI=1S/C21H26N2O2/c24-20-22-6-5-14-3-1-2-4-17(14)18(22)12-23(20)19-15-7-13-8-16(19)11-21(25,9-13)10-15/h1-4,13,15-16,18-19,25H,5-12H2/t13?,15-,16+,18?,19-,21+. The molecule has 25 heavy (non-hydrogen) atoms. The number of fused-ring (bicyclic) bond motifs is 3. The van der Waals surface area contributed by atoms with Crippen molar-refractivity contribution >= 4 is 6.03 Å². The lowest BCUT2D eigenvalue weighted by atomic mass is 9.52. The van der Waals surface area contributed by atoms with Crippen molar-refractivity contribution in [3.05, 3.63) is 35.4 Å². The highest BCUT2D eigenvalue weighted by atomic mass is 16.3. The summed E-state index contributed by atoms with van der Waals surface area (Å²) < 4.78 is 0. The van der Waals surface area contributed by atoms with Crippen LogP contribution in [0.1, 0.15) is 49.3 Å². The third-order valence-corrected chi connectivity index (χ3v) is 7.82. The molecule has 1 aromatic carbocycles. The van der Waals surface area contributed by atoms with E-state index in [1.54, 1.807) is 0 Å². The van der Waals surface area contributed by atoms with Gasteiger partial charge in [0, 0.05) is 19.1 Å². The Morgan fingerprint density at radius 1 is 1.04 bits per heavy atom. The molecule has 7 rings (SSSR count). The average Bonchev–Trinajstić information content (AvgIpc) is 2.90. The van der Waals surface area contributed by atoms with Crippen LogP contribution in [0, 0.1) is 17.8 Å². The number of hydrogen-bond acceptors (Lipinski definition) is 2. The number of carbonyl (C=O) groups excluding carboxylic acids is 1. The Kier molecular flexibility index (Phi) is 2.80. The van der Waals surface area contributed by atoms with Crippen molar-refractivity contribution in [2.24, 2.45) is 17.8 Å². The zero-order valence-electron chi connectivity index (χ0n) is 14.6. The predicted octanol–water partition coefficient (Wildman–Crippen LogP) is 2.96. The van der Waals surface area contributed by atoms with E-state index in [9.17, 15) is 9.90 Å². The molecule has 2 heterocycles. The van der Waals surface area contributed by atoms with Crippen molar-refractivity contribution in [1.82, 2.24) is 9.80 Å². The van der Waals surface area contributed by atoms with E-state index in [1.807, 2.05) is 0 Å². The molecule has 1 N–H and O–H groups in total. The number of urea groups is 1. The molecule has 1 saturated heterocycles. The van der Waals surface area contributed by atoms with Crippen LogP contribution in [0.5, 0.6) is 0 Å². The molecule has 4 heteroatoms. The zero-order valence-corrected chi connectivity index (χ0v) is 14.6. The van der Waals surface area contributed by atoms with Gasteiger partial charge in [-0.1, -0.05) is 24.3 Å². The quantitative estimate of drug-likeness (QED) is 0.855. The highest BCUT2D eigenvalue weighted by Crippen LogP contribution is 2.57. The maximum atomic E-state index is 13.2. The van der Waals surface area contributed by atoms with Crippen LogP contribution in [0.3, 0.4) is 0 Å². The molecular formula is C21H26N2O2. The normalized spacial score (nSPS) is 44.2. The number of amides is 2. The van der Waals surface area contributed by atoms with Crippen LogP contribution in [0.25, 0.3) is 0 Å². The topological polar surface area (TPSA) is 43.8 Å². The van der Waals surface area contributed by atoms with Crippen molar-refractivity contribution in [3.63, 3.8) is 0 Å². The molecule has 0 radical (unpaired) electrons. The van der Waals surface area contributed by atoms with Crippen LogP contribution >= 0.6 is 0 Å². The minimum atomic E-state index is -0.421. The SMILES string of the molecule is O=C1N2CCc3ccccc3C2CN1[C@@H]1[C@@H]2CC3C[C@H]1C[C@](O)(C3)C2. The summed E-state index contributed by atoms with van der Waals surface area (Å²) in [5.41, 5.74) is 2.35. The second-order valence-electron chi connectivity index (χ2n) is 9.28. The Bertz CT molecular complexity index is 731. The van der Waals surface area contributed by atoms with Gasteiger partial charge in [-0.15, -0.1) is 0 Å². The summed E-state index contributed by atoms with van der Waals surface area (Å²) in [5.74, 6) is 1.72. The van der Waals surface area contributed by atoms with E-state index in [0.717, 1.165) is 38.8 Å². The Morgan fingerprint density at radius 2 is 1.80 bits per heavy atom. The number of nitrogens with zero attached hydrogens (tertiary/aromatic N) is 2. The van der Waals surface area contributed by atoms with Gasteiger partial charge in [-0.3, -0.25) is 0 Å². The lowest BCUT2D eigenvalue weighted by Crippen LogP contribution is -2.62. The highest BCUT2D eigenvalue weighted by Gasteiger charge is 2.58. The predicted molar refractivity (Wildman–Crippen MR) is 94.0 cm³/mol. The number of rotatable bonds is 1. The fourth-order valence-corrected chi connectivity index (χ4v) is 7.22. The fraction of sp³-hybridized carbons (Fsp3) is 0.667. The Balaban J connectivity index is 1.33. The first kappa shape index (κ1) is 14.6.